The molecular weight excluding hydrogens is 415 g/mol. The van der Waals surface area contributed by atoms with Crippen LogP contribution in [0, 0.1) is 23.7 Å². The minimum atomic E-state index is -0.630. The molecule has 0 radical (unpaired) electrons. The summed E-state index contributed by atoms with van der Waals surface area (Å²) in [6.07, 6.45) is 2.65. The van der Waals surface area contributed by atoms with Gasteiger partial charge in [-0.05, 0) is 36.8 Å². The van der Waals surface area contributed by atoms with Gasteiger partial charge in [-0.15, -0.1) is 0 Å². The second kappa shape index (κ2) is 9.80. The molecule has 0 saturated heterocycles. The van der Waals surface area contributed by atoms with E-state index < -0.39 is 11.8 Å². The van der Waals surface area contributed by atoms with Crippen LogP contribution in [0.5, 0.6) is 0 Å². The Morgan fingerprint density at radius 3 is 2.69 bits per heavy atom. The van der Waals surface area contributed by atoms with Gasteiger partial charge >= 0.3 is 5.91 Å². The fourth-order valence-corrected chi connectivity index (χ4v) is 2.77. The van der Waals surface area contributed by atoms with Crippen LogP contribution in [0.1, 0.15) is 21.5 Å². The molecule has 0 unspecified atom stereocenters. The molecule has 0 atom stereocenters. The number of halogens is 2. The minimum Gasteiger partial charge on any atom is -0.355 e. The van der Waals surface area contributed by atoms with Crippen molar-refractivity contribution in [3.63, 3.8) is 0 Å². The Labute approximate surface area is 177 Å². The summed E-state index contributed by atoms with van der Waals surface area (Å²) in [7, 11) is 1.44. The van der Waals surface area contributed by atoms with Gasteiger partial charge in [-0.1, -0.05) is 23.2 Å². The van der Waals surface area contributed by atoms with Gasteiger partial charge in [-0.2, -0.15) is 5.26 Å². The van der Waals surface area contributed by atoms with Gasteiger partial charge in [0.1, 0.15) is 10.2 Å². The Morgan fingerprint density at radius 2 is 2.10 bits per heavy atom. The zero-order chi connectivity index (χ0) is 21.6. The molecule has 0 saturated carbocycles. The molecule has 0 aliphatic heterocycles. The first-order valence-corrected chi connectivity index (χ1v) is 9.01. The number of anilines is 1. The second-order valence-electron chi connectivity index (χ2n) is 5.82. The van der Waals surface area contributed by atoms with Crippen LogP contribution in [0.25, 0.3) is 0 Å². The lowest BCUT2D eigenvalue weighted by Gasteiger charge is -2.14. The zero-order valence-corrected chi connectivity index (χ0v) is 17.0. The Balaban J connectivity index is 2.44. The van der Waals surface area contributed by atoms with Crippen LogP contribution >= 0.6 is 23.2 Å². The largest absolute Gasteiger partial charge is 0.355 e. The molecule has 0 fully saturated rings. The number of quaternary nitrogens is 1. The molecule has 0 bridgehead atoms. The molecule has 1 aromatic carbocycles. The first-order chi connectivity index (χ1) is 13.8. The third-order valence-electron chi connectivity index (χ3n) is 3.80. The Kier molecular flexibility index (Phi) is 7.45. The fourth-order valence-electron chi connectivity index (χ4n) is 2.48. The van der Waals surface area contributed by atoms with E-state index in [1.54, 1.807) is 25.1 Å². The number of amides is 2. The molecule has 2 rings (SSSR count). The summed E-state index contributed by atoms with van der Waals surface area (Å²) in [5.74, 6) is -0.778. The normalized spacial score (nSPS) is 10.8. The molecule has 2 aromatic rings. The van der Waals surface area contributed by atoms with Crippen molar-refractivity contribution in [2.75, 3.05) is 12.4 Å². The van der Waals surface area contributed by atoms with Gasteiger partial charge in [0, 0.05) is 19.3 Å². The van der Waals surface area contributed by atoms with Gasteiger partial charge in [-0.3, -0.25) is 20.3 Å². The van der Waals surface area contributed by atoms with Gasteiger partial charge in [0.2, 0.25) is 11.5 Å². The Morgan fingerprint density at radius 1 is 1.38 bits per heavy atom. The number of nitriles is 1. The van der Waals surface area contributed by atoms with E-state index in [2.05, 4.69) is 15.6 Å². The van der Waals surface area contributed by atoms with Crippen molar-refractivity contribution in [2.24, 2.45) is 0 Å². The lowest BCUT2D eigenvalue weighted by molar-refractivity contribution is -0.514. The van der Waals surface area contributed by atoms with Crippen LogP contribution in [-0.2, 0) is 4.79 Å². The van der Waals surface area contributed by atoms with Crippen molar-refractivity contribution in [1.29, 1.82) is 10.7 Å². The lowest BCUT2D eigenvalue weighted by Crippen LogP contribution is -2.78. The summed E-state index contributed by atoms with van der Waals surface area (Å²) in [5.41, 5.74) is 1.18. The van der Waals surface area contributed by atoms with E-state index in [0.717, 1.165) is 6.08 Å². The monoisotopic (exact) mass is 431 g/mol. The van der Waals surface area contributed by atoms with Crippen molar-refractivity contribution in [3.05, 3.63) is 63.9 Å². The molecule has 10 heteroatoms. The van der Waals surface area contributed by atoms with Crippen molar-refractivity contribution < 1.29 is 14.9 Å². The minimum absolute atomic E-state index is 0.0113. The van der Waals surface area contributed by atoms with Gasteiger partial charge in [0.15, 0.2) is 0 Å². The number of pyridine rings is 1. The molecular formula is C19H17Cl2N6O2+. The highest BCUT2D eigenvalue weighted by molar-refractivity contribution is 6.67. The standard InChI is InChI=1S/C19H16Cl2N6O2/c1-10-6-11(9-22)7-12(18(28)24-2)16(10)27-19(29)14(8-15(21)23)26-17-13(20)4-3-5-25-17/h3-8,23H,1-2H3,(H,24,28)(H,25,26)(H,27,29)/p+1. The van der Waals surface area contributed by atoms with Gasteiger partial charge < -0.3 is 10.6 Å². The number of carbonyl (C=O) groups excluding carboxylic acids is 2. The average molecular weight is 432 g/mol. The van der Waals surface area contributed by atoms with E-state index in [4.69, 9.17) is 33.9 Å². The first kappa shape index (κ1) is 22.0. The third kappa shape index (κ3) is 5.62. The average Bonchev–Trinajstić information content (AvgIpc) is 2.69. The van der Waals surface area contributed by atoms with Crippen molar-refractivity contribution >= 4 is 51.7 Å². The first-order valence-electron chi connectivity index (χ1n) is 8.26. The van der Waals surface area contributed by atoms with Crippen molar-refractivity contribution in [1.82, 2.24) is 10.3 Å². The van der Waals surface area contributed by atoms with Crippen molar-refractivity contribution in [2.45, 2.75) is 6.92 Å². The molecule has 0 aliphatic carbocycles. The molecule has 148 valence electrons. The summed E-state index contributed by atoms with van der Waals surface area (Å²) in [6.45, 7) is 1.66. The van der Waals surface area contributed by atoms with Gasteiger partial charge in [-0.25, -0.2) is 4.98 Å². The number of aryl methyl sites for hydroxylation is 1. The van der Waals surface area contributed by atoms with E-state index >= 15 is 0 Å². The molecule has 5 N–H and O–H groups in total. The second-order valence-corrected chi connectivity index (χ2v) is 6.64. The highest BCUT2D eigenvalue weighted by Crippen LogP contribution is 2.23. The maximum atomic E-state index is 12.9. The summed E-state index contributed by atoms with van der Waals surface area (Å²) < 4.78 is 0. The SMILES string of the molecule is CNC(=O)c1cc(C#N)cc(C)c1NC(=O)C(=CC(=N)Cl)[NH2+]c1ncccc1Cl. The summed E-state index contributed by atoms with van der Waals surface area (Å²) in [4.78, 5) is 29.2. The van der Waals surface area contributed by atoms with Gasteiger partial charge in [0.25, 0.3) is 5.91 Å². The van der Waals surface area contributed by atoms with Crippen LogP contribution in [0.15, 0.2) is 42.2 Å². The van der Waals surface area contributed by atoms with Crippen LogP contribution in [-0.4, -0.2) is 29.0 Å². The van der Waals surface area contributed by atoms with E-state index in [1.807, 2.05) is 6.07 Å². The number of hydrogen-bond acceptors (Lipinski definition) is 5. The number of benzene rings is 1. The maximum Gasteiger partial charge on any atom is 0.310 e. The lowest BCUT2D eigenvalue weighted by atomic mass is 10.0. The van der Waals surface area contributed by atoms with Crippen molar-refractivity contribution in [3.8, 4) is 6.07 Å². The Bertz CT molecular complexity index is 1060. The Hall–Kier alpha value is -3.25. The molecule has 29 heavy (non-hydrogen) atoms. The van der Waals surface area contributed by atoms with Crippen LogP contribution in [0.3, 0.4) is 0 Å². The zero-order valence-electron chi connectivity index (χ0n) is 15.5. The van der Waals surface area contributed by atoms with E-state index in [-0.39, 0.29) is 27.7 Å². The summed E-state index contributed by atoms with van der Waals surface area (Å²) >= 11 is 11.7. The number of nitrogens with zero attached hydrogens (tertiary/aromatic N) is 2. The highest BCUT2D eigenvalue weighted by Gasteiger charge is 2.22. The number of nitrogens with two attached hydrogens (primary N) is 1. The third-order valence-corrected chi connectivity index (χ3v) is 4.23. The summed E-state index contributed by atoms with van der Waals surface area (Å²) in [6, 6.07) is 8.16. The molecule has 1 aromatic heterocycles. The predicted octanol–water partition coefficient (Wildman–Crippen LogP) is 2.21. The van der Waals surface area contributed by atoms with E-state index in [1.165, 1.54) is 24.6 Å². The number of allylic oxidation sites excluding steroid dienone is 1. The predicted molar refractivity (Wildman–Crippen MR) is 110 cm³/mol. The van der Waals surface area contributed by atoms with E-state index in [9.17, 15) is 9.59 Å². The maximum absolute atomic E-state index is 12.9. The van der Waals surface area contributed by atoms with Gasteiger partial charge in [0.05, 0.1) is 22.9 Å². The molecule has 8 nitrogen and oxygen atoms in total. The number of hydrogen-bond donors (Lipinski definition) is 4. The number of carbonyl (C=O) groups is 2. The number of aromatic nitrogens is 1. The summed E-state index contributed by atoms with van der Waals surface area (Å²) in [5, 5.41) is 23.1. The molecule has 0 spiro atoms. The fraction of sp³-hybridized carbons (Fsp3) is 0.105. The quantitative estimate of drug-likeness (QED) is 0.411. The van der Waals surface area contributed by atoms with E-state index in [0.29, 0.717) is 16.4 Å². The van der Waals surface area contributed by atoms with Crippen LogP contribution in [0.2, 0.25) is 5.02 Å². The van der Waals surface area contributed by atoms with Crippen LogP contribution < -0.4 is 16.0 Å². The smallest absolute Gasteiger partial charge is 0.310 e. The number of rotatable bonds is 6. The topological polar surface area (TPSA) is 135 Å². The molecule has 1 heterocycles. The number of nitrogens with one attached hydrogen (secondary N) is 3. The van der Waals surface area contributed by atoms with Crippen LogP contribution in [0.4, 0.5) is 11.5 Å². The molecule has 2 amide bonds. The molecule has 0 aliphatic rings. The highest BCUT2D eigenvalue weighted by atomic mass is 35.5.